The number of carbonyl (C=O) groups excluding carboxylic acids is 1. The Morgan fingerprint density at radius 2 is 2.57 bits per heavy atom. The molecule has 5 heteroatoms. The average molecular weight is 211 g/mol. The molecule has 1 heterocycles. The Hall–Kier alpha value is -1.62. The third-order valence-electron chi connectivity index (χ3n) is 1.38. The Morgan fingerprint density at radius 3 is 3.07 bits per heavy atom. The molecule has 1 aromatic rings. The number of hydrogen-bond donors (Lipinski definition) is 1. The van der Waals surface area contributed by atoms with Crippen LogP contribution in [0.25, 0.3) is 0 Å². The van der Waals surface area contributed by atoms with E-state index in [1.165, 1.54) is 17.4 Å². The van der Waals surface area contributed by atoms with E-state index in [2.05, 4.69) is 11.7 Å². The van der Waals surface area contributed by atoms with Crippen LogP contribution in [-0.4, -0.2) is 23.5 Å². The SMILES string of the molecule is C=CCOC(=O)/C(=N/O)c1cccs1. The first kappa shape index (κ1) is 10.5. The number of esters is 1. The quantitative estimate of drug-likeness (QED) is 0.271. The molecular weight excluding hydrogens is 202 g/mol. The Balaban J connectivity index is 2.74. The molecular formula is C9H9NO3S. The van der Waals surface area contributed by atoms with E-state index in [-0.39, 0.29) is 12.3 Å². The molecule has 0 bridgehead atoms. The van der Waals surface area contributed by atoms with E-state index in [0.29, 0.717) is 4.88 Å². The molecule has 74 valence electrons. The molecule has 0 spiro atoms. The van der Waals surface area contributed by atoms with Crippen LogP contribution in [0.3, 0.4) is 0 Å². The van der Waals surface area contributed by atoms with Crippen molar-refractivity contribution in [3.05, 3.63) is 35.0 Å². The number of nitrogens with zero attached hydrogens (tertiary/aromatic N) is 1. The van der Waals surface area contributed by atoms with E-state index in [1.54, 1.807) is 17.5 Å². The van der Waals surface area contributed by atoms with Gasteiger partial charge in [0.2, 0.25) is 5.71 Å². The minimum Gasteiger partial charge on any atom is -0.457 e. The third kappa shape index (κ3) is 2.43. The molecule has 0 unspecified atom stereocenters. The van der Waals surface area contributed by atoms with Gasteiger partial charge in [-0.05, 0) is 11.4 Å². The van der Waals surface area contributed by atoms with E-state index in [0.717, 1.165) is 0 Å². The third-order valence-corrected chi connectivity index (χ3v) is 2.26. The monoisotopic (exact) mass is 211 g/mol. The van der Waals surface area contributed by atoms with Crippen LogP contribution in [-0.2, 0) is 9.53 Å². The van der Waals surface area contributed by atoms with Crippen molar-refractivity contribution in [2.45, 2.75) is 0 Å². The largest absolute Gasteiger partial charge is 0.457 e. The smallest absolute Gasteiger partial charge is 0.362 e. The molecule has 14 heavy (non-hydrogen) atoms. The Morgan fingerprint density at radius 1 is 1.79 bits per heavy atom. The zero-order chi connectivity index (χ0) is 10.4. The molecule has 0 saturated carbocycles. The first-order valence-corrected chi connectivity index (χ1v) is 4.71. The highest BCUT2D eigenvalue weighted by molar-refractivity contribution is 7.13. The molecule has 4 nitrogen and oxygen atoms in total. The fourth-order valence-corrected chi connectivity index (χ4v) is 1.50. The number of hydrogen-bond acceptors (Lipinski definition) is 5. The Bertz CT molecular complexity index is 343. The topological polar surface area (TPSA) is 58.9 Å². The van der Waals surface area contributed by atoms with Gasteiger partial charge in [-0.15, -0.1) is 11.3 Å². The highest BCUT2D eigenvalue weighted by Crippen LogP contribution is 2.10. The van der Waals surface area contributed by atoms with Crippen LogP contribution >= 0.6 is 11.3 Å². The fraction of sp³-hybridized carbons (Fsp3) is 0.111. The molecule has 0 aliphatic carbocycles. The molecule has 0 radical (unpaired) electrons. The van der Waals surface area contributed by atoms with Crippen LogP contribution in [0, 0.1) is 0 Å². The summed E-state index contributed by atoms with van der Waals surface area (Å²) >= 11 is 1.30. The van der Waals surface area contributed by atoms with Gasteiger partial charge in [0.25, 0.3) is 0 Å². The van der Waals surface area contributed by atoms with Crippen molar-refractivity contribution in [1.29, 1.82) is 0 Å². The van der Waals surface area contributed by atoms with E-state index in [4.69, 9.17) is 9.94 Å². The number of thiophene rings is 1. The maximum Gasteiger partial charge on any atom is 0.362 e. The van der Waals surface area contributed by atoms with Gasteiger partial charge in [-0.3, -0.25) is 0 Å². The minimum atomic E-state index is -0.658. The van der Waals surface area contributed by atoms with Gasteiger partial charge in [0, 0.05) is 0 Å². The fourth-order valence-electron chi connectivity index (χ4n) is 0.807. The maximum atomic E-state index is 11.3. The summed E-state index contributed by atoms with van der Waals surface area (Å²) in [4.78, 5) is 11.8. The van der Waals surface area contributed by atoms with Crippen molar-refractivity contribution in [2.75, 3.05) is 6.61 Å². The molecule has 0 saturated heterocycles. The zero-order valence-corrected chi connectivity index (χ0v) is 8.16. The summed E-state index contributed by atoms with van der Waals surface area (Å²) < 4.78 is 4.73. The van der Waals surface area contributed by atoms with E-state index >= 15 is 0 Å². The van der Waals surface area contributed by atoms with Crippen LogP contribution in [0.5, 0.6) is 0 Å². The standard InChI is InChI=1S/C9H9NO3S/c1-2-5-13-9(11)8(10-12)7-4-3-6-14-7/h2-4,6,12H,1,5H2/b10-8+. The van der Waals surface area contributed by atoms with E-state index < -0.39 is 5.97 Å². The van der Waals surface area contributed by atoms with Gasteiger partial charge in [-0.1, -0.05) is 23.9 Å². The van der Waals surface area contributed by atoms with Crippen LogP contribution < -0.4 is 0 Å². The normalized spacial score (nSPS) is 11.0. The van der Waals surface area contributed by atoms with Crippen molar-refractivity contribution < 1.29 is 14.7 Å². The summed E-state index contributed by atoms with van der Waals surface area (Å²) in [6, 6.07) is 3.43. The van der Waals surface area contributed by atoms with Crippen molar-refractivity contribution in [3.8, 4) is 0 Å². The second-order valence-electron chi connectivity index (χ2n) is 2.31. The van der Waals surface area contributed by atoms with Gasteiger partial charge in [0.05, 0.1) is 4.88 Å². The molecule has 0 fully saturated rings. The van der Waals surface area contributed by atoms with Gasteiger partial charge in [-0.2, -0.15) is 0 Å². The first-order chi connectivity index (χ1) is 6.79. The summed E-state index contributed by atoms with van der Waals surface area (Å²) in [6.45, 7) is 3.50. The number of oxime groups is 1. The number of ether oxygens (including phenoxy) is 1. The minimum absolute atomic E-state index is 0.0816. The number of carbonyl (C=O) groups is 1. The van der Waals surface area contributed by atoms with Crippen LogP contribution in [0.2, 0.25) is 0 Å². The second-order valence-corrected chi connectivity index (χ2v) is 3.26. The molecule has 0 aliphatic rings. The second kappa shape index (κ2) is 5.18. The molecule has 0 amide bonds. The molecule has 0 aliphatic heterocycles. The van der Waals surface area contributed by atoms with Crippen LogP contribution in [0.4, 0.5) is 0 Å². The summed E-state index contributed by atoms with van der Waals surface area (Å²) in [7, 11) is 0. The van der Waals surface area contributed by atoms with Gasteiger partial charge in [-0.25, -0.2) is 4.79 Å². The summed E-state index contributed by atoms with van der Waals surface area (Å²) in [5, 5.41) is 13.3. The van der Waals surface area contributed by atoms with Crippen LogP contribution in [0.1, 0.15) is 4.88 Å². The summed E-state index contributed by atoms with van der Waals surface area (Å²) in [6.07, 6.45) is 1.45. The summed E-state index contributed by atoms with van der Waals surface area (Å²) in [5.41, 5.74) is -0.0816. The van der Waals surface area contributed by atoms with Crippen molar-refractivity contribution in [1.82, 2.24) is 0 Å². The predicted octanol–water partition coefficient (Wildman–Crippen LogP) is 1.66. The average Bonchev–Trinajstić information content (AvgIpc) is 2.69. The first-order valence-electron chi connectivity index (χ1n) is 3.83. The van der Waals surface area contributed by atoms with Gasteiger partial charge < -0.3 is 9.94 Å². The van der Waals surface area contributed by atoms with Crippen molar-refractivity contribution >= 4 is 23.0 Å². The van der Waals surface area contributed by atoms with Gasteiger partial charge in [0.15, 0.2) is 0 Å². The summed E-state index contributed by atoms with van der Waals surface area (Å²) in [5.74, 6) is -0.658. The molecule has 1 aromatic heterocycles. The molecule has 1 N–H and O–H groups in total. The van der Waals surface area contributed by atoms with Crippen molar-refractivity contribution in [2.24, 2.45) is 5.16 Å². The highest BCUT2D eigenvalue weighted by atomic mass is 32.1. The lowest BCUT2D eigenvalue weighted by atomic mass is 10.3. The highest BCUT2D eigenvalue weighted by Gasteiger charge is 2.16. The lowest BCUT2D eigenvalue weighted by Gasteiger charge is -2.00. The molecule has 1 rings (SSSR count). The van der Waals surface area contributed by atoms with Gasteiger partial charge >= 0.3 is 5.97 Å². The Kier molecular flexibility index (Phi) is 3.87. The van der Waals surface area contributed by atoms with Gasteiger partial charge in [0.1, 0.15) is 6.61 Å². The Labute approximate surface area is 85.1 Å². The number of rotatable bonds is 4. The zero-order valence-electron chi connectivity index (χ0n) is 7.34. The maximum absolute atomic E-state index is 11.3. The molecule has 0 aromatic carbocycles. The van der Waals surface area contributed by atoms with Crippen molar-refractivity contribution in [3.63, 3.8) is 0 Å². The lowest BCUT2D eigenvalue weighted by molar-refractivity contribution is -0.134. The molecule has 0 atom stereocenters. The van der Waals surface area contributed by atoms with E-state index in [1.807, 2.05) is 0 Å². The van der Waals surface area contributed by atoms with Crippen LogP contribution in [0.15, 0.2) is 35.3 Å². The predicted molar refractivity (Wildman–Crippen MR) is 53.8 cm³/mol. The lowest BCUT2D eigenvalue weighted by Crippen LogP contribution is -2.17. The van der Waals surface area contributed by atoms with E-state index in [9.17, 15) is 4.79 Å².